The first kappa shape index (κ1) is 11.3. The van der Waals surface area contributed by atoms with Gasteiger partial charge in [-0.3, -0.25) is 0 Å². The third kappa shape index (κ3) is 2.49. The maximum Gasteiger partial charge on any atom is 0.0389 e. The van der Waals surface area contributed by atoms with Gasteiger partial charge in [0, 0.05) is 24.0 Å². The Morgan fingerprint density at radius 3 is 2.56 bits per heavy atom. The van der Waals surface area contributed by atoms with Crippen molar-refractivity contribution in [3.63, 3.8) is 0 Å². The normalized spacial score (nSPS) is 15.5. The molecule has 1 aromatic rings. The number of anilines is 2. The third-order valence-corrected chi connectivity index (χ3v) is 3.37. The van der Waals surface area contributed by atoms with Gasteiger partial charge in [-0.1, -0.05) is 6.07 Å². The maximum atomic E-state index is 5.98. The van der Waals surface area contributed by atoms with Crippen LogP contribution in [0, 0.1) is 12.8 Å². The molecule has 1 aliphatic carbocycles. The molecule has 0 aromatic heterocycles. The molecule has 2 heteroatoms. The van der Waals surface area contributed by atoms with Crippen LogP contribution in [0.2, 0.25) is 0 Å². The molecule has 0 radical (unpaired) electrons. The first-order valence-corrected chi connectivity index (χ1v) is 6.20. The molecule has 0 saturated heterocycles. The van der Waals surface area contributed by atoms with E-state index in [1.165, 1.54) is 30.6 Å². The number of benzene rings is 1. The van der Waals surface area contributed by atoms with E-state index >= 15 is 0 Å². The van der Waals surface area contributed by atoms with Gasteiger partial charge in [0.2, 0.25) is 0 Å². The van der Waals surface area contributed by atoms with Crippen molar-refractivity contribution in [1.29, 1.82) is 0 Å². The van der Waals surface area contributed by atoms with Crippen LogP contribution in [0.5, 0.6) is 0 Å². The summed E-state index contributed by atoms with van der Waals surface area (Å²) < 4.78 is 0. The monoisotopic (exact) mass is 218 g/mol. The van der Waals surface area contributed by atoms with E-state index in [9.17, 15) is 0 Å². The summed E-state index contributed by atoms with van der Waals surface area (Å²) in [4.78, 5) is 2.47. The van der Waals surface area contributed by atoms with Crippen molar-refractivity contribution in [2.45, 2.75) is 39.7 Å². The number of rotatable bonds is 4. The Morgan fingerprint density at radius 2 is 2.06 bits per heavy atom. The Kier molecular flexibility index (Phi) is 3.08. The summed E-state index contributed by atoms with van der Waals surface area (Å²) >= 11 is 0. The van der Waals surface area contributed by atoms with Crippen molar-refractivity contribution >= 4 is 11.4 Å². The Morgan fingerprint density at radius 1 is 1.38 bits per heavy atom. The summed E-state index contributed by atoms with van der Waals surface area (Å²) in [5.41, 5.74) is 9.31. The van der Waals surface area contributed by atoms with Crippen molar-refractivity contribution in [2.75, 3.05) is 17.2 Å². The van der Waals surface area contributed by atoms with Crippen LogP contribution < -0.4 is 10.6 Å². The smallest absolute Gasteiger partial charge is 0.0389 e. The number of hydrogen-bond donors (Lipinski definition) is 1. The molecular weight excluding hydrogens is 196 g/mol. The molecule has 1 aliphatic rings. The highest BCUT2D eigenvalue weighted by molar-refractivity contribution is 5.60. The van der Waals surface area contributed by atoms with E-state index in [-0.39, 0.29) is 0 Å². The fourth-order valence-corrected chi connectivity index (χ4v) is 2.00. The molecule has 0 aliphatic heterocycles. The van der Waals surface area contributed by atoms with E-state index in [1.807, 2.05) is 0 Å². The second-order valence-corrected chi connectivity index (χ2v) is 5.23. The molecule has 1 aromatic carbocycles. The molecule has 2 N–H and O–H groups in total. The zero-order chi connectivity index (χ0) is 11.7. The van der Waals surface area contributed by atoms with Gasteiger partial charge < -0.3 is 10.6 Å². The van der Waals surface area contributed by atoms with Gasteiger partial charge >= 0.3 is 0 Å². The van der Waals surface area contributed by atoms with Crippen molar-refractivity contribution in [3.05, 3.63) is 23.8 Å². The van der Waals surface area contributed by atoms with E-state index in [4.69, 9.17) is 5.73 Å². The molecule has 0 amide bonds. The highest BCUT2D eigenvalue weighted by Crippen LogP contribution is 2.33. The predicted molar refractivity (Wildman–Crippen MR) is 70.8 cm³/mol. The van der Waals surface area contributed by atoms with E-state index in [0.717, 1.165) is 11.6 Å². The minimum absolute atomic E-state index is 0.544. The second kappa shape index (κ2) is 4.36. The number of nitrogen functional groups attached to an aromatic ring is 1. The molecule has 88 valence electrons. The third-order valence-electron chi connectivity index (χ3n) is 3.37. The van der Waals surface area contributed by atoms with Gasteiger partial charge in [-0.2, -0.15) is 0 Å². The quantitative estimate of drug-likeness (QED) is 0.786. The SMILES string of the molecule is Cc1ccc(N(CC2CC2)C(C)C)cc1N. The van der Waals surface area contributed by atoms with Crippen LogP contribution in [0.3, 0.4) is 0 Å². The van der Waals surface area contributed by atoms with Crippen molar-refractivity contribution in [2.24, 2.45) is 5.92 Å². The Hall–Kier alpha value is -1.18. The lowest BCUT2D eigenvalue weighted by Gasteiger charge is -2.29. The molecule has 1 fully saturated rings. The largest absolute Gasteiger partial charge is 0.398 e. The lowest BCUT2D eigenvalue weighted by atomic mass is 10.1. The highest BCUT2D eigenvalue weighted by Gasteiger charge is 2.25. The summed E-state index contributed by atoms with van der Waals surface area (Å²) in [5.74, 6) is 0.907. The van der Waals surface area contributed by atoms with Gasteiger partial charge in [-0.25, -0.2) is 0 Å². The molecule has 16 heavy (non-hydrogen) atoms. The fourth-order valence-electron chi connectivity index (χ4n) is 2.00. The van der Waals surface area contributed by atoms with Crippen LogP contribution in [0.15, 0.2) is 18.2 Å². The molecule has 1 saturated carbocycles. The van der Waals surface area contributed by atoms with Gasteiger partial charge in [0.15, 0.2) is 0 Å². The summed E-state index contributed by atoms with van der Waals surface area (Å²) in [6.45, 7) is 7.73. The van der Waals surface area contributed by atoms with Gasteiger partial charge in [0.05, 0.1) is 0 Å². The van der Waals surface area contributed by atoms with Gasteiger partial charge in [-0.05, 0) is 57.2 Å². The summed E-state index contributed by atoms with van der Waals surface area (Å²) in [7, 11) is 0. The molecule has 2 rings (SSSR count). The predicted octanol–water partition coefficient (Wildman–Crippen LogP) is 3.20. The average molecular weight is 218 g/mol. The lowest BCUT2D eigenvalue weighted by molar-refractivity contribution is 0.645. The molecular formula is C14H22N2. The highest BCUT2D eigenvalue weighted by atomic mass is 15.2. The molecule has 0 unspecified atom stereocenters. The summed E-state index contributed by atoms with van der Waals surface area (Å²) in [6.07, 6.45) is 2.79. The first-order valence-electron chi connectivity index (χ1n) is 6.20. The van der Waals surface area contributed by atoms with Crippen molar-refractivity contribution in [1.82, 2.24) is 0 Å². The minimum atomic E-state index is 0.544. The minimum Gasteiger partial charge on any atom is -0.398 e. The van der Waals surface area contributed by atoms with E-state index < -0.39 is 0 Å². The lowest BCUT2D eigenvalue weighted by Crippen LogP contribution is -2.32. The molecule has 0 atom stereocenters. The van der Waals surface area contributed by atoms with Crippen LogP contribution >= 0.6 is 0 Å². The number of aryl methyl sites for hydroxylation is 1. The molecule has 0 spiro atoms. The zero-order valence-corrected chi connectivity index (χ0v) is 10.5. The van der Waals surface area contributed by atoms with Crippen LogP contribution in [-0.2, 0) is 0 Å². The number of nitrogens with two attached hydrogens (primary N) is 1. The van der Waals surface area contributed by atoms with Crippen molar-refractivity contribution in [3.8, 4) is 0 Å². The Balaban J connectivity index is 2.19. The van der Waals surface area contributed by atoms with Gasteiger partial charge in [-0.15, -0.1) is 0 Å². The van der Waals surface area contributed by atoms with Gasteiger partial charge in [0.25, 0.3) is 0 Å². The maximum absolute atomic E-state index is 5.98. The van der Waals surface area contributed by atoms with E-state index in [2.05, 4.69) is 43.9 Å². The topological polar surface area (TPSA) is 29.3 Å². The first-order chi connectivity index (χ1) is 7.58. The zero-order valence-electron chi connectivity index (χ0n) is 10.5. The van der Waals surface area contributed by atoms with Crippen LogP contribution in [0.4, 0.5) is 11.4 Å². The standard InChI is InChI=1S/C14H22N2/c1-10(2)16(9-12-5-6-12)13-7-4-11(3)14(15)8-13/h4,7-8,10,12H,5-6,9,15H2,1-3H3. The molecule has 0 heterocycles. The van der Waals surface area contributed by atoms with Gasteiger partial charge in [0.1, 0.15) is 0 Å². The molecule has 2 nitrogen and oxygen atoms in total. The Labute approximate surface area is 98.4 Å². The summed E-state index contributed by atoms with van der Waals surface area (Å²) in [5, 5.41) is 0. The van der Waals surface area contributed by atoms with E-state index in [0.29, 0.717) is 6.04 Å². The van der Waals surface area contributed by atoms with E-state index in [1.54, 1.807) is 0 Å². The second-order valence-electron chi connectivity index (χ2n) is 5.23. The average Bonchev–Trinajstić information content (AvgIpc) is 3.02. The molecule has 0 bridgehead atoms. The van der Waals surface area contributed by atoms with Crippen molar-refractivity contribution < 1.29 is 0 Å². The number of hydrogen-bond acceptors (Lipinski definition) is 2. The number of nitrogens with zero attached hydrogens (tertiary/aromatic N) is 1. The Bertz CT molecular complexity index is 367. The van der Waals surface area contributed by atoms with Crippen LogP contribution in [0.1, 0.15) is 32.3 Å². The van der Waals surface area contributed by atoms with Crippen LogP contribution in [-0.4, -0.2) is 12.6 Å². The fraction of sp³-hybridized carbons (Fsp3) is 0.571. The summed E-state index contributed by atoms with van der Waals surface area (Å²) in [6, 6.07) is 6.96. The van der Waals surface area contributed by atoms with Crippen LogP contribution in [0.25, 0.3) is 0 Å².